The number of aryl methyl sites for hydroxylation is 1. The Morgan fingerprint density at radius 2 is 2.17 bits per heavy atom. The minimum absolute atomic E-state index is 0.150. The van der Waals surface area contributed by atoms with E-state index in [1.807, 2.05) is 13.8 Å². The Balaban J connectivity index is 2.19. The van der Waals surface area contributed by atoms with Crippen LogP contribution in [0, 0.1) is 24.2 Å². The van der Waals surface area contributed by atoms with Crippen LogP contribution >= 0.6 is 0 Å². The van der Waals surface area contributed by atoms with Crippen molar-refractivity contribution in [2.45, 2.75) is 59.2 Å². The zero-order valence-corrected chi connectivity index (χ0v) is 14.1. The molecule has 0 saturated heterocycles. The van der Waals surface area contributed by atoms with Crippen molar-refractivity contribution in [2.75, 3.05) is 0 Å². The third-order valence-corrected chi connectivity index (χ3v) is 5.91. The zero-order valence-electron chi connectivity index (χ0n) is 14.1. The lowest BCUT2D eigenvalue weighted by atomic mass is 9.53. The topological polar surface area (TPSA) is 76.7 Å². The number of carbonyl (C=O) groups is 2. The molecule has 0 spiro atoms. The van der Waals surface area contributed by atoms with Crippen LogP contribution in [0.3, 0.4) is 0 Å². The summed E-state index contributed by atoms with van der Waals surface area (Å²) in [6, 6.07) is 0. The molecule has 5 heteroatoms. The van der Waals surface area contributed by atoms with Crippen molar-refractivity contribution in [3.63, 3.8) is 0 Å². The van der Waals surface area contributed by atoms with E-state index >= 15 is 0 Å². The Bertz CT molecular complexity index is 646. The van der Waals surface area contributed by atoms with Gasteiger partial charge in [-0.2, -0.15) is 0 Å². The van der Waals surface area contributed by atoms with Gasteiger partial charge in [0, 0.05) is 17.4 Å². The van der Waals surface area contributed by atoms with Crippen LogP contribution in [0.4, 0.5) is 0 Å². The number of furan rings is 1. The number of fused-ring (bicyclic) bond motifs is 2. The molecular weight excluding hydrogens is 296 g/mol. The van der Waals surface area contributed by atoms with Crippen LogP contribution in [0.2, 0.25) is 0 Å². The van der Waals surface area contributed by atoms with Gasteiger partial charge in [-0.25, -0.2) is 0 Å². The van der Waals surface area contributed by atoms with Gasteiger partial charge in [0.2, 0.25) is 5.78 Å². The van der Waals surface area contributed by atoms with Gasteiger partial charge in [0.25, 0.3) is 0 Å². The molecule has 5 unspecified atom stereocenters. The number of ketones is 1. The molecule has 1 fully saturated rings. The molecule has 0 aliphatic heterocycles. The normalized spacial score (nSPS) is 36.3. The molecule has 1 aromatic heterocycles. The summed E-state index contributed by atoms with van der Waals surface area (Å²) in [6.45, 7) is 7.64. The number of aliphatic hydroxyl groups is 1. The van der Waals surface area contributed by atoms with Gasteiger partial charge in [-0.3, -0.25) is 9.59 Å². The van der Waals surface area contributed by atoms with Crippen molar-refractivity contribution in [1.29, 1.82) is 0 Å². The zero-order chi connectivity index (χ0) is 16.9. The van der Waals surface area contributed by atoms with Crippen molar-refractivity contribution < 1.29 is 23.8 Å². The van der Waals surface area contributed by atoms with E-state index in [-0.39, 0.29) is 29.9 Å². The summed E-state index contributed by atoms with van der Waals surface area (Å²) in [5.41, 5.74) is 0.868. The van der Waals surface area contributed by atoms with Gasteiger partial charge >= 0.3 is 5.97 Å². The molecule has 5 nitrogen and oxygen atoms in total. The molecule has 2 aliphatic carbocycles. The molecular formula is C18H24O5. The monoisotopic (exact) mass is 320 g/mol. The maximum atomic E-state index is 12.9. The molecule has 1 aromatic rings. The quantitative estimate of drug-likeness (QED) is 0.847. The number of hydrogen-bond donors (Lipinski definition) is 1. The van der Waals surface area contributed by atoms with Crippen molar-refractivity contribution in [1.82, 2.24) is 0 Å². The first-order chi connectivity index (χ1) is 10.8. The second kappa shape index (κ2) is 5.48. The van der Waals surface area contributed by atoms with Crippen LogP contribution in [-0.4, -0.2) is 23.0 Å². The number of carbonyl (C=O) groups excluding carboxylic acids is 2. The van der Waals surface area contributed by atoms with Gasteiger partial charge in [-0.15, -0.1) is 0 Å². The van der Waals surface area contributed by atoms with Crippen molar-refractivity contribution in [2.24, 2.45) is 17.3 Å². The summed E-state index contributed by atoms with van der Waals surface area (Å²) in [5.74, 6) is -0.676. The summed E-state index contributed by atoms with van der Waals surface area (Å²) < 4.78 is 11.3. The molecule has 126 valence electrons. The molecule has 5 atom stereocenters. The predicted octanol–water partition coefficient (Wildman–Crippen LogP) is 3.19. The second-order valence-electron chi connectivity index (χ2n) is 7.14. The summed E-state index contributed by atoms with van der Waals surface area (Å²) in [5, 5.41) is 10.5. The van der Waals surface area contributed by atoms with E-state index in [0.717, 1.165) is 12.0 Å². The number of rotatable bonds is 2. The lowest BCUT2D eigenvalue weighted by Gasteiger charge is -2.53. The van der Waals surface area contributed by atoms with E-state index in [4.69, 9.17) is 9.15 Å². The molecule has 1 N–H and O–H groups in total. The predicted molar refractivity (Wildman–Crippen MR) is 82.9 cm³/mol. The van der Waals surface area contributed by atoms with Crippen LogP contribution in [0.25, 0.3) is 0 Å². The van der Waals surface area contributed by atoms with Crippen molar-refractivity contribution in [3.8, 4) is 0 Å². The molecule has 0 aromatic carbocycles. The minimum atomic E-state index is -0.731. The Kier molecular flexibility index (Phi) is 3.87. The fourth-order valence-electron chi connectivity index (χ4n) is 4.32. The molecule has 0 bridgehead atoms. The van der Waals surface area contributed by atoms with Crippen molar-refractivity contribution >= 4 is 11.8 Å². The highest BCUT2D eigenvalue weighted by molar-refractivity contribution is 5.99. The van der Waals surface area contributed by atoms with E-state index in [1.54, 1.807) is 6.92 Å². The second-order valence-corrected chi connectivity index (χ2v) is 7.14. The van der Waals surface area contributed by atoms with Gasteiger partial charge in [0.05, 0.1) is 18.3 Å². The smallest absolute Gasteiger partial charge is 0.306 e. The average molecular weight is 320 g/mol. The first kappa shape index (κ1) is 16.2. The molecule has 3 rings (SSSR count). The first-order valence-corrected chi connectivity index (χ1v) is 8.32. The lowest BCUT2D eigenvalue weighted by Crippen LogP contribution is -2.55. The number of hydrogen-bond acceptors (Lipinski definition) is 5. The molecule has 1 heterocycles. The first-order valence-electron chi connectivity index (χ1n) is 8.32. The lowest BCUT2D eigenvalue weighted by molar-refractivity contribution is -0.172. The van der Waals surface area contributed by atoms with Gasteiger partial charge in [0.15, 0.2) is 5.76 Å². The standard InChI is InChI=1S/C18H24O5/c1-5-12(20)23-17-13-9(2)8-22-16(13)15(21)14-11(19)7-6-10(3)18(14,17)4/h8,10-11,14,17,19H,5-7H2,1-4H3. The van der Waals surface area contributed by atoms with Crippen LogP contribution < -0.4 is 0 Å². The molecule has 23 heavy (non-hydrogen) atoms. The van der Waals surface area contributed by atoms with Crippen LogP contribution in [0.1, 0.15) is 67.8 Å². The highest BCUT2D eigenvalue weighted by atomic mass is 16.5. The SMILES string of the molecule is CCC(=O)OC1c2c(C)coc2C(=O)C2C(O)CCC(C)C12C. The summed E-state index contributed by atoms with van der Waals surface area (Å²) >= 11 is 0. The van der Waals surface area contributed by atoms with E-state index < -0.39 is 23.5 Å². The van der Waals surface area contributed by atoms with E-state index in [0.29, 0.717) is 12.0 Å². The molecule has 0 amide bonds. The van der Waals surface area contributed by atoms with E-state index in [9.17, 15) is 14.7 Å². The highest BCUT2D eigenvalue weighted by Crippen LogP contribution is 2.59. The maximum Gasteiger partial charge on any atom is 0.306 e. The molecule has 0 radical (unpaired) electrons. The minimum Gasteiger partial charge on any atom is -0.460 e. The van der Waals surface area contributed by atoms with Gasteiger partial charge < -0.3 is 14.3 Å². The largest absolute Gasteiger partial charge is 0.460 e. The number of esters is 1. The van der Waals surface area contributed by atoms with Crippen LogP contribution in [0.15, 0.2) is 10.7 Å². The third-order valence-electron chi connectivity index (χ3n) is 5.91. The van der Waals surface area contributed by atoms with Gasteiger partial charge in [-0.05, 0) is 31.2 Å². The molecule has 1 saturated carbocycles. The third kappa shape index (κ3) is 2.17. The maximum absolute atomic E-state index is 12.9. The fourth-order valence-corrected chi connectivity index (χ4v) is 4.32. The Labute approximate surface area is 136 Å². The molecule has 2 aliphatic rings. The Morgan fingerprint density at radius 3 is 2.83 bits per heavy atom. The highest BCUT2D eigenvalue weighted by Gasteiger charge is 2.61. The fraction of sp³-hybridized carbons (Fsp3) is 0.667. The number of Topliss-reactive ketones (excluding diaryl/α,β-unsaturated/α-hetero) is 1. The Morgan fingerprint density at radius 1 is 1.48 bits per heavy atom. The van der Waals surface area contributed by atoms with Gasteiger partial charge in [-0.1, -0.05) is 20.8 Å². The van der Waals surface area contributed by atoms with Crippen LogP contribution in [0.5, 0.6) is 0 Å². The van der Waals surface area contributed by atoms with Gasteiger partial charge in [0.1, 0.15) is 6.10 Å². The summed E-state index contributed by atoms with van der Waals surface area (Å²) in [4.78, 5) is 24.9. The van der Waals surface area contributed by atoms with Crippen LogP contribution in [-0.2, 0) is 9.53 Å². The number of aliphatic hydroxyl groups excluding tert-OH is 1. The Hall–Kier alpha value is -1.62. The van der Waals surface area contributed by atoms with E-state index in [1.165, 1.54) is 6.26 Å². The van der Waals surface area contributed by atoms with E-state index in [2.05, 4.69) is 6.92 Å². The van der Waals surface area contributed by atoms with Crippen molar-refractivity contribution in [3.05, 3.63) is 23.2 Å². The number of ether oxygens (including phenoxy) is 1. The summed E-state index contributed by atoms with van der Waals surface area (Å²) in [7, 11) is 0. The average Bonchev–Trinajstić information content (AvgIpc) is 2.89. The summed E-state index contributed by atoms with van der Waals surface area (Å²) in [6.07, 6.45) is 1.90.